The average molecular weight is 260 g/mol. The summed E-state index contributed by atoms with van der Waals surface area (Å²) in [7, 11) is 0. The van der Waals surface area contributed by atoms with Crippen LogP contribution in [0.5, 0.6) is 0 Å². The Morgan fingerprint density at radius 2 is 1.68 bits per heavy atom. The molecule has 0 bridgehead atoms. The third-order valence-corrected chi connectivity index (χ3v) is 3.95. The molecule has 1 saturated carbocycles. The SMILES string of the molecule is CC(C)(C)c1ccc(N(N)C(=O)C2CCCC2)cc1. The van der Waals surface area contributed by atoms with Crippen molar-refractivity contribution >= 4 is 11.6 Å². The van der Waals surface area contributed by atoms with E-state index in [1.807, 2.05) is 12.1 Å². The lowest BCUT2D eigenvalue weighted by atomic mass is 9.87. The number of amides is 1. The van der Waals surface area contributed by atoms with Gasteiger partial charge in [0, 0.05) is 5.92 Å². The summed E-state index contributed by atoms with van der Waals surface area (Å²) in [4.78, 5) is 12.2. The Kier molecular flexibility index (Phi) is 3.95. The number of nitrogens with two attached hydrogens (primary N) is 1. The van der Waals surface area contributed by atoms with Crippen molar-refractivity contribution in [2.45, 2.75) is 51.9 Å². The first kappa shape index (κ1) is 14.1. The lowest BCUT2D eigenvalue weighted by molar-refractivity contribution is -0.122. The molecule has 0 atom stereocenters. The molecule has 0 unspecified atom stereocenters. The highest BCUT2D eigenvalue weighted by Crippen LogP contribution is 2.28. The minimum absolute atomic E-state index is 0.0565. The van der Waals surface area contributed by atoms with Gasteiger partial charge in [0.25, 0.3) is 0 Å². The summed E-state index contributed by atoms with van der Waals surface area (Å²) in [6.45, 7) is 6.52. The lowest BCUT2D eigenvalue weighted by Gasteiger charge is -2.23. The van der Waals surface area contributed by atoms with Crippen LogP contribution < -0.4 is 10.9 Å². The smallest absolute Gasteiger partial charge is 0.244 e. The van der Waals surface area contributed by atoms with Crippen LogP contribution >= 0.6 is 0 Å². The van der Waals surface area contributed by atoms with E-state index in [0.717, 1.165) is 31.4 Å². The monoisotopic (exact) mass is 260 g/mol. The molecule has 0 spiro atoms. The fourth-order valence-corrected chi connectivity index (χ4v) is 2.62. The fraction of sp³-hybridized carbons (Fsp3) is 0.562. The van der Waals surface area contributed by atoms with Gasteiger partial charge in [0.1, 0.15) is 0 Å². The second-order valence-electron chi connectivity index (χ2n) is 6.49. The van der Waals surface area contributed by atoms with Gasteiger partial charge in [-0.3, -0.25) is 4.79 Å². The summed E-state index contributed by atoms with van der Waals surface area (Å²) < 4.78 is 0. The Hall–Kier alpha value is -1.35. The Balaban J connectivity index is 2.11. The molecular weight excluding hydrogens is 236 g/mol. The molecule has 2 N–H and O–H groups in total. The summed E-state index contributed by atoms with van der Waals surface area (Å²) >= 11 is 0. The van der Waals surface area contributed by atoms with Gasteiger partial charge in [-0.2, -0.15) is 0 Å². The third-order valence-electron chi connectivity index (χ3n) is 3.95. The number of benzene rings is 1. The van der Waals surface area contributed by atoms with E-state index in [1.165, 1.54) is 10.6 Å². The van der Waals surface area contributed by atoms with Gasteiger partial charge in [0.05, 0.1) is 5.69 Å². The largest absolute Gasteiger partial charge is 0.273 e. The summed E-state index contributed by atoms with van der Waals surface area (Å²) in [5.74, 6) is 6.14. The number of anilines is 1. The highest BCUT2D eigenvalue weighted by molar-refractivity contribution is 5.94. The van der Waals surface area contributed by atoms with Crippen molar-refractivity contribution in [2.75, 3.05) is 5.01 Å². The minimum Gasteiger partial charge on any atom is -0.273 e. The highest BCUT2D eigenvalue weighted by atomic mass is 16.2. The Labute approximate surface area is 115 Å². The van der Waals surface area contributed by atoms with Gasteiger partial charge in [0.15, 0.2) is 0 Å². The van der Waals surface area contributed by atoms with Crippen molar-refractivity contribution in [3.8, 4) is 0 Å². The molecule has 0 aliphatic heterocycles. The third kappa shape index (κ3) is 3.16. The number of carbonyl (C=O) groups excluding carboxylic acids is 1. The van der Waals surface area contributed by atoms with E-state index >= 15 is 0 Å². The molecule has 1 fully saturated rings. The van der Waals surface area contributed by atoms with E-state index in [4.69, 9.17) is 5.84 Å². The van der Waals surface area contributed by atoms with E-state index in [-0.39, 0.29) is 17.2 Å². The average Bonchev–Trinajstić information content (AvgIpc) is 2.90. The number of nitrogens with zero attached hydrogens (tertiary/aromatic N) is 1. The predicted octanol–water partition coefficient (Wildman–Crippen LogP) is 3.38. The molecule has 0 radical (unpaired) electrons. The summed E-state index contributed by atoms with van der Waals surface area (Å²) in [5.41, 5.74) is 2.15. The number of hydrogen-bond acceptors (Lipinski definition) is 2. The maximum atomic E-state index is 12.2. The summed E-state index contributed by atoms with van der Waals surface area (Å²) in [6.07, 6.45) is 4.25. The molecule has 1 aromatic rings. The van der Waals surface area contributed by atoms with Crippen LogP contribution in [0.2, 0.25) is 0 Å². The molecule has 0 saturated heterocycles. The molecule has 3 heteroatoms. The molecule has 19 heavy (non-hydrogen) atoms. The molecule has 1 aromatic carbocycles. The maximum absolute atomic E-state index is 12.2. The van der Waals surface area contributed by atoms with Gasteiger partial charge in [-0.15, -0.1) is 0 Å². The Bertz CT molecular complexity index is 439. The predicted molar refractivity (Wildman–Crippen MR) is 78.8 cm³/mol. The number of carbonyl (C=O) groups is 1. The van der Waals surface area contributed by atoms with Crippen molar-refractivity contribution in [2.24, 2.45) is 11.8 Å². The first-order valence-electron chi connectivity index (χ1n) is 7.09. The van der Waals surface area contributed by atoms with Crippen LogP contribution in [0.3, 0.4) is 0 Å². The van der Waals surface area contributed by atoms with E-state index in [2.05, 4.69) is 32.9 Å². The van der Waals surface area contributed by atoms with Gasteiger partial charge in [0.2, 0.25) is 5.91 Å². The van der Waals surface area contributed by atoms with E-state index in [9.17, 15) is 4.79 Å². The molecule has 1 amide bonds. The molecule has 2 rings (SSSR count). The zero-order chi connectivity index (χ0) is 14.0. The number of hydrogen-bond donors (Lipinski definition) is 1. The number of rotatable bonds is 2. The highest BCUT2D eigenvalue weighted by Gasteiger charge is 2.26. The fourth-order valence-electron chi connectivity index (χ4n) is 2.62. The molecule has 104 valence electrons. The molecule has 0 heterocycles. The summed E-state index contributed by atoms with van der Waals surface area (Å²) in [5, 5.41) is 1.32. The van der Waals surface area contributed by atoms with Gasteiger partial charge in [-0.1, -0.05) is 45.7 Å². The van der Waals surface area contributed by atoms with Crippen LogP contribution in [0, 0.1) is 5.92 Å². The van der Waals surface area contributed by atoms with Crippen LogP contribution in [0.1, 0.15) is 52.0 Å². The van der Waals surface area contributed by atoms with Gasteiger partial charge in [-0.25, -0.2) is 10.9 Å². The van der Waals surface area contributed by atoms with Gasteiger partial charge < -0.3 is 0 Å². The molecule has 3 nitrogen and oxygen atoms in total. The molecule has 1 aliphatic rings. The van der Waals surface area contributed by atoms with Crippen LogP contribution in [-0.2, 0) is 10.2 Å². The standard InChI is InChI=1S/C16H24N2O/c1-16(2,3)13-8-10-14(11-9-13)18(17)15(19)12-6-4-5-7-12/h8-12H,4-7,17H2,1-3H3. The normalized spacial score (nSPS) is 16.6. The van der Waals surface area contributed by atoms with Crippen molar-refractivity contribution in [1.29, 1.82) is 0 Å². The van der Waals surface area contributed by atoms with Gasteiger partial charge >= 0.3 is 0 Å². The van der Waals surface area contributed by atoms with Crippen molar-refractivity contribution in [3.05, 3.63) is 29.8 Å². The van der Waals surface area contributed by atoms with E-state index < -0.39 is 0 Å². The van der Waals surface area contributed by atoms with E-state index in [1.54, 1.807) is 0 Å². The maximum Gasteiger partial charge on any atom is 0.244 e. The van der Waals surface area contributed by atoms with Crippen molar-refractivity contribution in [1.82, 2.24) is 0 Å². The molecule has 0 aromatic heterocycles. The van der Waals surface area contributed by atoms with E-state index in [0.29, 0.717) is 0 Å². The minimum atomic E-state index is 0.0565. The summed E-state index contributed by atoms with van der Waals surface area (Å²) in [6, 6.07) is 7.98. The topological polar surface area (TPSA) is 46.3 Å². The molecule has 1 aliphatic carbocycles. The zero-order valence-electron chi connectivity index (χ0n) is 12.1. The van der Waals surface area contributed by atoms with Crippen molar-refractivity contribution in [3.63, 3.8) is 0 Å². The van der Waals surface area contributed by atoms with Gasteiger partial charge in [-0.05, 0) is 36.0 Å². The Morgan fingerprint density at radius 3 is 2.16 bits per heavy atom. The quantitative estimate of drug-likeness (QED) is 0.503. The Morgan fingerprint density at radius 1 is 1.16 bits per heavy atom. The van der Waals surface area contributed by atoms with Crippen molar-refractivity contribution < 1.29 is 4.79 Å². The lowest BCUT2D eigenvalue weighted by Crippen LogP contribution is -2.41. The zero-order valence-corrected chi connectivity index (χ0v) is 12.1. The van der Waals surface area contributed by atoms with Crippen LogP contribution in [0.4, 0.5) is 5.69 Å². The first-order chi connectivity index (χ1) is 8.89. The van der Waals surface area contributed by atoms with Crippen LogP contribution in [0.15, 0.2) is 24.3 Å². The number of hydrazine groups is 1. The second-order valence-corrected chi connectivity index (χ2v) is 6.49. The van der Waals surface area contributed by atoms with Crippen LogP contribution in [-0.4, -0.2) is 5.91 Å². The molecular formula is C16H24N2O. The first-order valence-corrected chi connectivity index (χ1v) is 7.09. The van der Waals surface area contributed by atoms with Crippen LogP contribution in [0.25, 0.3) is 0 Å². The second kappa shape index (κ2) is 5.33.